The maximum Gasteiger partial charge on any atom is 0.165 e. The summed E-state index contributed by atoms with van der Waals surface area (Å²) in [7, 11) is 0. The number of aliphatic imine (C=N–C) groups is 2. The predicted molar refractivity (Wildman–Crippen MR) is 310 cm³/mol. The minimum absolute atomic E-state index is 0.388. The molecule has 1 spiro atoms. The second-order valence-corrected chi connectivity index (χ2v) is 19.7. The lowest BCUT2D eigenvalue weighted by molar-refractivity contribution is 0.741. The minimum Gasteiger partial charge on any atom is -0.310 e. The van der Waals surface area contributed by atoms with Gasteiger partial charge in [0, 0.05) is 18.1 Å². The Hall–Kier alpha value is -9.18. The van der Waals surface area contributed by atoms with Crippen LogP contribution in [0.2, 0.25) is 0 Å². The van der Waals surface area contributed by atoms with Crippen LogP contribution in [-0.4, -0.2) is 12.4 Å². The Morgan fingerprint density at radius 2 is 0.919 bits per heavy atom. The predicted octanol–water partition coefficient (Wildman–Crippen LogP) is 18.1. The van der Waals surface area contributed by atoms with Gasteiger partial charge in [0.25, 0.3) is 0 Å². The van der Waals surface area contributed by atoms with E-state index in [1.165, 1.54) is 83.7 Å². The van der Waals surface area contributed by atoms with Crippen molar-refractivity contribution in [1.29, 1.82) is 0 Å². The van der Waals surface area contributed by atoms with Crippen LogP contribution in [0.25, 0.3) is 50.1 Å². The molecule has 0 bridgehead atoms. The molecular weight excluding hydrogens is 895 g/mol. The first-order valence-corrected chi connectivity index (χ1v) is 25.8. The van der Waals surface area contributed by atoms with E-state index in [4.69, 9.17) is 9.98 Å². The summed E-state index contributed by atoms with van der Waals surface area (Å²) in [4.78, 5) is 12.7. The number of benzene rings is 10. The third kappa shape index (κ3) is 7.95. The van der Waals surface area contributed by atoms with Crippen molar-refractivity contribution < 1.29 is 0 Å². The van der Waals surface area contributed by atoms with E-state index in [-0.39, 0.29) is 0 Å². The summed E-state index contributed by atoms with van der Waals surface area (Å²) in [6.07, 6.45) is 9.00. The van der Waals surface area contributed by atoms with Gasteiger partial charge in [0.2, 0.25) is 0 Å². The summed E-state index contributed by atoms with van der Waals surface area (Å²) in [5.41, 5.74) is 23.8. The zero-order chi connectivity index (χ0) is 49.4. The molecule has 2 unspecified atom stereocenters. The Labute approximate surface area is 434 Å². The number of anilines is 3. The highest BCUT2D eigenvalue weighted by Crippen LogP contribution is 2.63. The molecule has 2 aliphatic carbocycles. The van der Waals surface area contributed by atoms with Gasteiger partial charge in [-0.2, -0.15) is 0 Å². The Balaban J connectivity index is 0.818. The Kier molecular flexibility index (Phi) is 11.5. The highest BCUT2D eigenvalue weighted by molar-refractivity contribution is 5.97. The van der Waals surface area contributed by atoms with Crippen LogP contribution in [0, 0.1) is 5.92 Å². The second-order valence-electron chi connectivity index (χ2n) is 19.7. The normalized spacial score (nSPS) is 15.5. The molecule has 2 atom stereocenters. The topological polar surface area (TPSA) is 28.0 Å². The maximum atomic E-state index is 5.15. The molecule has 0 N–H and O–H groups in total. The van der Waals surface area contributed by atoms with Crippen molar-refractivity contribution in [3.05, 3.63) is 311 Å². The highest BCUT2D eigenvalue weighted by atomic mass is 15.2. The maximum absolute atomic E-state index is 5.15. The van der Waals surface area contributed by atoms with E-state index in [1.807, 2.05) is 12.4 Å². The summed E-state index contributed by atoms with van der Waals surface area (Å²) in [6, 6.07) is 92.6. The molecule has 0 amide bonds. The zero-order valence-corrected chi connectivity index (χ0v) is 41.3. The Morgan fingerprint density at radius 1 is 0.419 bits per heavy atom. The summed E-state index contributed by atoms with van der Waals surface area (Å²) in [5, 5.41) is 0. The van der Waals surface area contributed by atoms with E-state index in [9.17, 15) is 0 Å². The molecule has 3 heteroatoms. The summed E-state index contributed by atoms with van der Waals surface area (Å²) < 4.78 is 0. The van der Waals surface area contributed by atoms with Crippen LogP contribution < -0.4 is 4.90 Å². The van der Waals surface area contributed by atoms with Gasteiger partial charge in [0.1, 0.15) is 0 Å². The van der Waals surface area contributed by atoms with Gasteiger partial charge in [-0.25, -0.2) is 0 Å². The quantitative estimate of drug-likeness (QED) is 0.126. The van der Waals surface area contributed by atoms with E-state index in [2.05, 4.69) is 279 Å². The van der Waals surface area contributed by atoms with Gasteiger partial charge >= 0.3 is 0 Å². The molecule has 0 saturated heterocycles. The fourth-order valence-corrected chi connectivity index (χ4v) is 11.8. The molecule has 10 aromatic carbocycles. The van der Waals surface area contributed by atoms with Crippen LogP contribution in [0.4, 0.5) is 17.1 Å². The monoisotopic (exact) mass is 947 g/mol. The van der Waals surface area contributed by atoms with Crippen LogP contribution in [0.5, 0.6) is 0 Å². The highest BCUT2D eigenvalue weighted by Gasteiger charge is 2.51. The standard InChI is InChI=1S/C71H53N3/c1-49-44-51(34-42-61(49)55-20-7-3-8-21-55)48-73-70(56-39-37-53(38-40-56)52-18-5-2-6-19-52)72-47-50-32-35-54(36-33-50)57-22-17-23-58(45-57)59-41-43-63-62-26-11-12-27-64(62)71(67(63)46-59)65-28-13-15-30-68(65)74(60-24-9-4-10-25-60)69-31-16-14-29-66(69)71/h2-43,45-49,70H,44H2,1H3/b72-47+,73-48+. The van der Waals surface area contributed by atoms with Gasteiger partial charge in [0.05, 0.1) is 16.8 Å². The van der Waals surface area contributed by atoms with E-state index < -0.39 is 11.6 Å². The van der Waals surface area contributed by atoms with Crippen LogP contribution >= 0.6 is 0 Å². The number of hydrogen-bond donors (Lipinski definition) is 0. The number of rotatable bonds is 10. The number of para-hydroxylation sites is 3. The van der Waals surface area contributed by atoms with Gasteiger partial charge in [-0.1, -0.05) is 237 Å². The lowest BCUT2D eigenvalue weighted by atomic mass is 9.64. The van der Waals surface area contributed by atoms with Crippen molar-refractivity contribution in [2.45, 2.75) is 24.9 Å². The molecule has 3 aliphatic rings. The van der Waals surface area contributed by atoms with E-state index >= 15 is 0 Å². The molecule has 352 valence electrons. The zero-order valence-electron chi connectivity index (χ0n) is 41.3. The fourth-order valence-electron chi connectivity index (χ4n) is 11.8. The van der Waals surface area contributed by atoms with Gasteiger partial charge in [-0.3, -0.25) is 9.98 Å². The number of hydrogen-bond acceptors (Lipinski definition) is 3. The van der Waals surface area contributed by atoms with Gasteiger partial charge in [-0.15, -0.1) is 0 Å². The SMILES string of the molecule is CC1CC(/C=N/C(/N=C/c2ccc(-c3cccc(-c4ccc5c(c4)C4(c6ccccc6-5)c5ccccc5N(c5ccccc5)c5ccccc54)c3)cc2)c2ccc(-c3ccccc3)cc2)=CC=C1c1ccccc1. The summed E-state index contributed by atoms with van der Waals surface area (Å²) >= 11 is 0. The molecule has 1 heterocycles. The lowest BCUT2D eigenvalue weighted by Crippen LogP contribution is -2.36. The van der Waals surface area contributed by atoms with Gasteiger partial charge in [-0.05, 0) is 143 Å². The van der Waals surface area contributed by atoms with Crippen molar-refractivity contribution in [3.63, 3.8) is 0 Å². The molecular formula is C71H53N3. The third-order valence-corrected chi connectivity index (χ3v) is 15.3. The van der Waals surface area contributed by atoms with Crippen molar-refractivity contribution in [2.75, 3.05) is 4.90 Å². The minimum atomic E-state index is -0.513. The smallest absolute Gasteiger partial charge is 0.165 e. The van der Waals surface area contributed by atoms with E-state index in [1.54, 1.807) is 0 Å². The average molecular weight is 948 g/mol. The second kappa shape index (κ2) is 19.1. The van der Waals surface area contributed by atoms with Crippen LogP contribution in [0.3, 0.4) is 0 Å². The van der Waals surface area contributed by atoms with Gasteiger partial charge < -0.3 is 4.90 Å². The molecule has 3 nitrogen and oxygen atoms in total. The van der Waals surface area contributed by atoms with Crippen LogP contribution in [-0.2, 0) is 5.41 Å². The molecule has 1 aliphatic heterocycles. The van der Waals surface area contributed by atoms with E-state index in [0.717, 1.165) is 34.4 Å². The number of allylic oxidation sites excluding steroid dienone is 4. The van der Waals surface area contributed by atoms with Gasteiger partial charge in [0.15, 0.2) is 6.17 Å². The molecule has 0 fully saturated rings. The molecule has 0 radical (unpaired) electrons. The third-order valence-electron chi connectivity index (χ3n) is 15.3. The van der Waals surface area contributed by atoms with E-state index in [0.29, 0.717) is 5.92 Å². The molecule has 0 saturated carbocycles. The first-order chi connectivity index (χ1) is 36.6. The molecule has 10 aromatic rings. The van der Waals surface area contributed by atoms with Crippen molar-refractivity contribution in [3.8, 4) is 44.5 Å². The first kappa shape index (κ1) is 44.7. The van der Waals surface area contributed by atoms with Crippen LogP contribution in [0.1, 0.15) is 58.5 Å². The molecule has 13 rings (SSSR count). The lowest BCUT2D eigenvalue weighted by Gasteiger charge is -2.45. The van der Waals surface area contributed by atoms with Crippen molar-refractivity contribution in [2.24, 2.45) is 15.9 Å². The Morgan fingerprint density at radius 3 is 1.61 bits per heavy atom. The fraction of sp³-hybridized carbons (Fsp3) is 0.0704. The Bertz CT molecular complexity index is 3760. The summed E-state index contributed by atoms with van der Waals surface area (Å²) in [6.45, 7) is 2.30. The number of nitrogens with zero attached hydrogens (tertiary/aromatic N) is 3. The molecule has 0 aromatic heterocycles. The summed E-state index contributed by atoms with van der Waals surface area (Å²) in [5.74, 6) is 0.388. The average Bonchev–Trinajstić information content (AvgIpc) is 3.76. The molecule has 74 heavy (non-hydrogen) atoms. The largest absolute Gasteiger partial charge is 0.310 e. The van der Waals surface area contributed by atoms with Crippen LogP contribution in [0.15, 0.2) is 282 Å². The number of fused-ring (bicyclic) bond motifs is 9. The van der Waals surface area contributed by atoms with Crippen molar-refractivity contribution >= 4 is 35.1 Å². The first-order valence-electron chi connectivity index (χ1n) is 25.8. The van der Waals surface area contributed by atoms with Crippen molar-refractivity contribution in [1.82, 2.24) is 0 Å².